The Kier molecular flexibility index (Phi) is 15.3. The van der Waals surface area contributed by atoms with Gasteiger partial charge in [0.25, 0.3) is 0 Å². The number of allylic oxidation sites excluding steroid dienone is 3. The van der Waals surface area contributed by atoms with Gasteiger partial charge in [0.1, 0.15) is 0 Å². The van der Waals surface area contributed by atoms with Crippen LogP contribution < -0.4 is 20.7 Å². The molecule has 2 aromatic heterocycles. The summed E-state index contributed by atoms with van der Waals surface area (Å²) in [6, 6.07) is -1.18. The summed E-state index contributed by atoms with van der Waals surface area (Å²) in [5.74, 6) is -11.2. The molecule has 5 heterocycles. The average Bonchev–Trinajstić information content (AvgIpc) is 3.77. The zero-order chi connectivity index (χ0) is 45.8. The minimum atomic E-state index is -1.51. The van der Waals surface area contributed by atoms with Crippen molar-refractivity contribution >= 4 is 66.0 Å². The van der Waals surface area contributed by atoms with Gasteiger partial charge in [0, 0.05) is 25.7 Å². The number of nitrogens with zero attached hydrogens (tertiary/aromatic N) is 4. The summed E-state index contributed by atoms with van der Waals surface area (Å²) >= 11 is 0. The Labute approximate surface area is 368 Å². The molecular weight excluding hydrogens is 875 g/mol. The molecule has 1 saturated heterocycles. The Balaban J connectivity index is 0.00000871. The van der Waals surface area contributed by atoms with Gasteiger partial charge in [-0.05, 0) is 53.6 Å². The van der Waals surface area contributed by atoms with Gasteiger partial charge in [0.15, 0.2) is 0 Å². The van der Waals surface area contributed by atoms with E-state index in [2.05, 4.69) is 0 Å². The molecule has 3 aliphatic heterocycles. The van der Waals surface area contributed by atoms with Gasteiger partial charge in [-0.3, -0.25) is 38.4 Å². The van der Waals surface area contributed by atoms with Crippen LogP contribution in [0.3, 0.4) is 0 Å². The summed E-state index contributed by atoms with van der Waals surface area (Å²) in [6.07, 6.45) is -0.0879. The number of aromatic nitrogens is 2. The summed E-state index contributed by atoms with van der Waals surface area (Å²) in [4.78, 5) is 107. The van der Waals surface area contributed by atoms with Crippen LogP contribution in [-0.4, -0.2) is 94.6 Å². The Morgan fingerprint density at radius 1 is 0.556 bits per heavy atom. The molecule has 1 radical (unpaired) electrons. The number of carboxylic acids is 8. The zero-order valence-corrected chi connectivity index (χ0v) is 35.0. The minimum absolute atomic E-state index is 0. The van der Waals surface area contributed by atoms with E-state index in [1.807, 2.05) is 0 Å². The number of carbonyl (C=O) groups is 8. The summed E-state index contributed by atoms with van der Waals surface area (Å²) in [6.45, 7) is 3.06. The molecule has 8 N–H and O–H groups in total. The normalized spacial score (nSPS) is 23.0. The molecule has 0 aromatic carbocycles. The second-order valence-electron chi connectivity index (χ2n) is 15.9. The first kappa shape index (κ1) is 49.0. The SMILES string of the molecule is C[C@]1(CC(=O)O)C(CCC(=O)O)=C2/C=c3\[n-]/c(c(CCC(=O)O)c3CC(=O)O)=C\c3[n-]c(c(CC(=O)O)c3CCC(=O)O)/C=C3\[N-]C(=CC1[N-]2)[C@@H](CCC(=O)O)[C@]3(C)CC(=O)O.[Co+2]. The van der Waals surface area contributed by atoms with Crippen molar-refractivity contribution in [3.05, 3.63) is 83.7 Å². The predicted octanol–water partition coefficient (Wildman–Crippen LogP) is 2.44. The van der Waals surface area contributed by atoms with Gasteiger partial charge >= 0.3 is 64.5 Å². The number of carboxylic acid groups (broad SMARTS) is 8. The van der Waals surface area contributed by atoms with Crippen LogP contribution in [0.1, 0.15) is 98.9 Å². The smallest absolute Gasteiger partial charge is 0.678 e. The average molecular weight is 920 g/mol. The van der Waals surface area contributed by atoms with Crippen LogP contribution in [0.5, 0.6) is 0 Å². The van der Waals surface area contributed by atoms with E-state index in [9.17, 15) is 79.2 Å². The van der Waals surface area contributed by atoms with Crippen LogP contribution in [0.2, 0.25) is 0 Å². The third-order valence-corrected chi connectivity index (χ3v) is 11.6. The van der Waals surface area contributed by atoms with E-state index in [0.29, 0.717) is 0 Å². The number of aliphatic carboxylic acids is 8. The van der Waals surface area contributed by atoms with Crippen molar-refractivity contribution in [2.45, 2.75) is 96.9 Å². The Bertz CT molecular complexity index is 2480. The number of rotatable bonds is 20. The molecule has 1 fully saturated rings. The number of fused-ring (bicyclic) bond motifs is 8. The van der Waals surface area contributed by atoms with Crippen molar-refractivity contribution in [3.63, 3.8) is 0 Å². The first-order valence-corrected chi connectivity index (χ1v) is 19.4. The van der Waals surface area contributed by atoms with Crippen LogP contribution >= 0.6 is 0 Å². The largest absolute Gasteiger partial charge is 2.00 e. The van der Waals surface area contributed by atoms with E-state index in [0.717, 1.165) is 0 Å². The van der Waals surface area contributed by atoms with Gasteiger partial charge in [-0.2, -0.15) is 11.4 Å². The molecule has 2 aromatic rings. The van der Waals surface area contributed by atoms with Crippen LogP contribution in [0.25, 0.3) is 28.9 Å². The Morgan fingerprint density at radius 3 is 1.62 bits per heavy atom. The second-order valence-corrected chi connectivity index (χ2v) is 15.9. The van der Waals surface area contributed by atoms with Crippen molar-refractivity contribution in [2.75, 3.05) is 0 Å². The van der Waals surface area contributed by atoms with Crippen molar-refractivity contribution in [2.24, 2.45) is 16.7 Å². The van der Waals surface area contributed by atoms with E-state index in [-0.39, 0.29) is 109 Å². The van der Waals surface area contributed by atoms with E-state index in [4.69, 9.17) is 20.6 Å². The molecule has 339 valence electrons. The third-order valence-electron chi connectivity index (χ3n) is 11.6. The minimum Gasteiger partial charge on any atom is -0.678 e. The predicted molar refractivity (Wildman–Crippen MR) is 213 cm³/mol. The van der Waals surface area contributed by atoms with Crippen molar-refractivity contribution in [3.8, 4) is 0 Å². The van der Waals surface area contributed by atoms with Gasteiger partial charge in [0.2, 0.25) is 0 Å². The van der Waals surface area contributed by atoms with Crippen LogP contribution in [-0.2, 0) is 80.8 Å². The van der Waals surface area contributed by atoms with Crippen LogP contribution in [0.4, 0.5) is 0 Å². The molecule has 0 saturated carbocycles. The summed E-state index contributed by atoms with van der Waals surface area (Å²) in [5.41, 5.74) is -2.35. The van der Waals surface area contributed by atoms with Gasteiger partial charge in [-0.15, -0.1) is 33.9 Å². The Morgan fingerprint density at radius 2 is 1.06 bits per heavy atom. The summed E-state index contributed by atoms with van der Waals surface area (Å²) in [7, 11) is 0. The van der Waals surface area contributed by atoms with E-state index >= 15 is 0 Å². The fraction of sp³-hybridized carbons (Fsp3) is 0.429. The van der Waals surface area contributed by atoms with E-state index < -0.39 is 122 Å². The molecule has 3 aliphatic rings. The molecule has 63 heavy (non-hydrogen) atoms. The first-order chi connectivity index (χ1) is 29.0. The quantitative estimate of drug-likeness (QED) is 0.0945. The zero-order valence-electron chi connectivity index (χ0n) is 33.9. The molecule has 0 spiro atoms. The Hall–Kier alpha value is -6.61. The van der Waals surface area contributed by atoms with E-state index in [1.54, 1.807) is 0 Å². The first-order valence-electron chi connectivity index (χ1n) is 19.4. The molecule has 1 unspecified atom stereocenters. The monoisotopic (exact) mass is 919 g/mol. The van der Waals surface area contributed by atoms with Crippen molar-refractivity contribution in [1.29, 1.82) is 0 Å². The van der Waals surface area contributed by atoms with Crippen molar-refractivity contribution in [1.82, 2.24) is 9.97 Å². The van der Waals surface area contributed by atoms with Gasteiger partial charge in [0.05, 0.1) is 25.7 Å². The van der Waals surface area contributed by atoms with Crippen LogP contribution in [0.15, 0.2) is 28.7 Å². The number of hydrogen-bond acceptors (Lipinski definition) is 8. The fourth-order valence-electron chi connectivity index (χ4n) is 8.71. The number of hydrogen-bond donors (Lipinski definition) is 8. The topological polar surface area (TPSA) is 355 Å². The molecule has 5 rings (SSSR count). The molecule has 20 nitrogen and oxygen atoms in total. The molecule has 4 atom stereocenters. The molecule has 8 bridgehead atoms. The molecule has 0 aliphatic carbocycles. The summed E-state index contributed by atoms with van der Waals surface area (Å²) in [5, 5.41) is 89.2. The molecule has 0 amide bonds. The molecular formula is C42H44CoN4O16-2. The standard InChI is InChI=1S/C42H44N4O16.Co/c1-41(17-39(59)60)23(5-9-35(51)52)29-14-27-21(11-37(55)56)19(3-7-33(47)48)25(43-27)13-26-20(4-8-34(49)50)22(12-38(57)58)28(44-26)15-31-42(2,18-40(61)62)24(6-10-36(53)54)30(46-31)16-32(41)45-29;/h13-16,24,32H,3-12,17-18H2,1-2H3,(H,47,48)(H,49,50)(H,51,52)(H,53,54)(H,55,56)(H,57,58)(H,59,60)(H,61,62);/q-4;+2/b25-13-,27-14-,30-16?,31-15-;/t24-,32?,41+,42+;/m1./s1. The van der Waals surface area contributed by atoms with Crippen LogP contribution in [0, 0.1) is 16.7 Å². The fourth-order valence-corrected chi connectivity index (χ4v) is 8.71. The molecule has 21 heteroatoms. The van der Waals surface area contributed by atoms with E-state index in [1.165, 1.54) is 38.2 Å². The van der Waals surface area contributed by atoms with Gasteiger partial charge in [-0.25, -0.2) is 0 Å². The van der Waals surface area contributed by atoms with Crippen molar-refractivity contribution < 1.29 is 96.0 Å². The third kappa shape index (κ3) is 11.1. The second kappa shape index (κ2) is 19.6. The maximum Gasteiger partial charge on any atom is 2.00 e. The van der Waals surface area contributed by atoms with Gasteiger partial charge < -0.3 is 61.5 Å². The maximum absolute atomic E-state index is 12.6. The van der Waals surface area contributed by atoms with Gasteiger partial charge in [-0.1, -0.05) is 54.8 Å². The maximum atomic E-state index is 12.6. The summed E-state index contributed by atoms with van der Waals surface area (Å²) < 4.78 is 0.